The van der Waals surface area contributed by atoms with Crippen molar-refractivity contribution in [2.24, 2.45) is 0 Å². The first-order chi connectivity index (χ1) is 14.4. The summed E-state index contributed by atoms with van der Waals surface area (Å²) in [6.07, 6.45) is 0.658. The standard InChI is InChI=1S/C25H36Cl2O3Si/c1-17(2)20-11-18(9-10-24(20)29-16-28-6)12-21-22(26)13-19(14-23(21)27)15-30-31(7,8)25(3,4)5/h9-11,13-14,17H,12,15-16H2,1-8H3. The fourth-order valence-electron chi connectivity index (χ4n) is 3.01. The van der Waals surface area contributed by atoms with Crippen LogP contribution in [0.4, 0.5) is 0 Å². The Balaban J connectivity index is 2.22. The lowest BCUT2D eigenvalue weighted by Gasteiger charge is -2.36. The summed E-state index contributed by atoms with van der Waals surface area (Å²) < 4.78 is 17.1. The van der Waals surface area contributed by atoms with Crippen molar-refractivity contribution in [1.82, 2.24) is 0 Å². The molecule has 31 heavy (non-hydrogen) atoms. The zero-order valence-electron chi connectivity index (χ0n) is 20.1. The highest BCUT2D eigenvalue weighted by atomic mass is 35.5. The van der Waals surface area contributed by atoms with E-state index in [2.05, 4.69) is 59.8 Å². The fraction of sp³-hybridized carbons (Fsp3) is 0.520. The third kappa shape index (κ3) is 6.97. The largest absolute Gasteiger partial charge is 0.467 e. The number of hydrogen-bond acceptors (Lipinski definition) is 3. The van der Waals surface area contributed by atoms with E-state index in [1.807, 2.05) is 18.2 Å². The number of methoxy groups -OCH3 is 1. The lowest BCUT2D eigenvalue weighted by atomic mass is 9.96. The molecule has 0 bridgehead atoms. The fourth-order valence-corrected chi connectivity index (χ4v) is 4.63. The molecule has 0 unspecified atom stereocenters. The topological polar surface area (TPSA) is 27.7 Å². The van der Waals surface area contributed by atoms with Gasteiger partial charge >= 0.3 is 0 Å². The summed E-state index contributed by atoms with van der Waals surface area (Å²) in [4.78, 5) is 0. The maximum Gasteiger partial charge on any atom is 0.192 e. The van der Waals surface area contributed by atoms with E-state index < -0.39 is 8.32 Å². The summed E-state index contributed by atoms with van der Waals surface area (Å²) >= 11 is 13.3. The molecule has 0 aliphatic heterocycles. The Morgan fingerprint density at radius 1 is 0.968 bits per heavy atom. The maximum absolute atomic E-state index is 6.66. The van der Waals surface area contributed by atoms with Crippen LogP contribution in [0.3, 0.4) is 0 Å². The predicted octanol–water partition coefficient (Wildman–Crippen LogP) is 8.21. The van der Waals surface area contributed by atoms with Gasteiger partial charge in [-0.2, -0.15) is 0 Å². The maximum atomic E-state index is 6.66. The molecule has 0 radical (unpaired) electrons. The Kier molecular flexibility index (Phi) is 9.06. The van der Waals surface area contributed by atoms with Gasteiger partial charge in [0.25, 0.3) is 0 Å². The Hall–Kier alpha value is -1.04. The minimum absolute atomic E-state index is 0.160. The summed E-state index contributed by atoms with van der Waals surface area (Å²) in [6.45, 7) is 16.3. The normalized spacial score (nSPS) is 12.5. The number of halogens is 2. The van der Waals surface area contributed by atoms with E-state index in [4.69, 9.17) is 37.1 Å². The van der Waals surface area contributed by atoms with Crippen LogP contribution >= 0.6 is 23.2 Å². The van der Waals surface area contributed by atoms with Gasteiger partial charge in [-0.1, -0.05) is 70.0 Å². The average molecular weight is 484 g/mol. The molecule has 0 amide bonds. The van der Waals surface area contributed by atoms with E-state index in [9.17, 15) is 0 Å². The molecule has 0 aliphatic rings. The van der Waals surface area contributed by atoms with Crippen LogP contribution in [-0.2, 0) is 22.2 Å². The molecule has 0 atom stereocenters. The number of rotatable bonds is 9. The minimum atomic E-state index is -1.84. The van der Waals surface area contributed by atoms with Crippen LogP contribution in [0.1, 0.15) is 62.8 Å². The molecule has 0 aliphatic carbocycles. The van der Waals surface area contributed by atoms with E-state index in [0.29, 0.717) is 29.0 Å². The molecule has 6 heteroatoms. The van der Waals surface area contributed by atoms with Crippen LogP contribution in [0, 0.1) is 0 Å². The van der Waals surface area contributed by atoms with E-state index in [1.165, 1.54) is 0 Å². The number of hydrogen-bond donors (Lipinski definition) is 0. The Morgan fingerprint density at radius 3 is 2.10 bits per heavy atom. The van der Waals surface area contributed by atoms with Gasteiger partial charge in [-0.05, 0) is 64.5 Å². The van der Waals surface area contributed by atoms with Crippen molar-refractivity contribution in [3.63, 3.8) is 0 Å². The van der Waals surface area contributed by atoms with Crippen LogP contribution in [0.25, 0.3) is 0 Å². The van der Waals surface area contributed by atoms with Crippen LogP contribution < -0.4 is 4.74 Å². The Bertz CT molecular complexity index is 866. The van der Waals surface area contributed by atoms with E-state index in [-0.39, 0.29) is 11.8 Å². The second kappa shape index (κ2) is 10.7. The van der Waals surface area contributed by atoms with Crippen molar-refractivity contribution in [1.29, 1.82) is 0 Å². The molecular weight excluding hydrogens is 447 g/mol. The molecule has 0 heterocycles. The van der Waals surface area contributed by atoms with Gasteiger partial charge < -0.3 is 13.9 Å². The molecule has 0 aromatic heterocycles. The zero-order valence-corrected chi connectivity index (χ0v) is 22.6. The number of ether oxygens (including phenoxy) is 2. The van der Waals surface area contributed by atoms with Gasteiger partial charge in [0.1, 0.15) is 5.75 Å². The van der Waals surface area contributed by atoms with Gasteiger partial charge in [0, 0.05) is 23.6 Å². The molecule has 2 rings (SSSR count). The van der Waals surface area contributed by atoms with Gasteiger partial charge in [0.15, 0.2) is 15.1 Å². The van der Waals surface area contributed by atoms with E-state index in [1.54, 1.807) is 7.11 Å². The summed E-state index contributed by atoms with van der Waals surface area (Å²) in [5.74, 6) is 1.17. The van der Waals surface area contributed by atoms with Gasteiger partial charge in [-0.3, -0.25) is 0 Å². The van der Waals surface area contributed by atoms with Crippen molar-refractivity contribution in [2.75, 3.05) is 13.9 Å². The highest BCUT2D eigenvalue weighted by Crippen LogP contribution is 2.38. The molecule has 3 nitrogen and oxygen atoms in total. The lowest BCUT2D eigenvalue weighted by Crippen LogP contribution is -2.40. The van der Waals surface area contributed by atoms with Gasteiger partial charge in [0.05, 0.1) is 6.61 Å². The Labute approximate surface area is 199 Å². The van der Waals surface area contributed by atoms with Crippen LogP contribution in [0.15, 0.2) is 30.3 Å². The van der Waals surface area contributed by atoms with Crippen molar-refractivity contribution < 1.29 is 13.9 Å². The SMILES string of the molecule is COCOc1ccc(Cc2c(Cl)cc(CO[Si](C)(C)C(C)(C)C)cc2Cl)cc1C(C)C. The lowest BCUT2D eigenvalue weighted by molar-refractivity contribution is 0.0502. The highest BCUT2D eigenvalue weighted by Gasteiger charge is 2.37. The predicted molar refractivity (Wildman–Crippen MR) is 134 cm³/mol. The van der Waals surface area contributed by atoms with E-state index >= 15 is 0 Å². The first-order valence-corrected chi connectivity index (χ1v) is 14.4. The van der Waals surface area contributed by atoms with Crippen LogP contribution in [-0.4, -0.2) is 22.2 Å². The second-order valence-corrected chi connectivity index (χ2v) is 15.5. The molecule has 0 spiro atoms. The number of benzene rings is 2. The quantitative estimate of drug-likeness (QED) is 0.266. The molecule has 0 N–H and O–H groups in total. The van der Waals surface area contributed by atoms with Crippen molar-refractivity contribution in [3.05, 3.63) is 62.6 Å². The molecule has 0 fully saturated rings. The first kappa shape index (κ1) is 26.2. The molecule has 0 saturated heterocycles. The molecule has 2 aromatic rings. The first-order valence-electron chi connectivity index (χ1n) is 10.7. The van der Waals surface area contributed by atoms with Gasteiger partial charge in [0.2, 0.25) is 0 Å². The van der Waals surface area contributed by atoms with Crippen molar-refractivity contribution in [2.45, 2.75) is 71.7 Å². The van der Waals surface area contributed by atoms with Gasteiger partial charge in [-0.25, -0.2) is 0 Å². The monoisotopic (exact) mass is 482 g/mol. The van der Waals surface area contributed by atoms with Crippen molar-refractivity contribution >= 4 is 31.5 Å². The second-order valence-electron chi connectivity index (χ2n) is 9.84. The molecule has 0 saturated carbocycles. The summed E-state index contributed by atoms with van der Waals surface area (Å²) in [5, 5.41) is 1.51. The van der Waals surface area contributed by atoms with Crippen molar-refractivity contribution in [3.8, 4) is 5.75 Å². The van der Waals surface area contributed by atoms with E-state index in [0.717, 1.165) is 28.0 Å². The smallest absolute Gasteiger partial charge is 0.192 e. The summed E-state index contributed by atoms with van der Waals surface area (Å²) in [7, 11) is -0.217. The summed E-state index contributed by atoms with van der Waals surface area (Å²) in [6, 6.07) is 10.2. The highest BCUT2D eigenvalue weighted by molar-refractivity contribution is 6.74. The van der Waals surface area contributed by atoms with Crippen LogP contribution in [0.5, 0.6) is 5.75 Å². The van der Waals surface area contributed by atoms with Crippen LogP contribution in [0.2, 0.25) is 28.2 Å². The third-order valence-corrected chi connectivity index (χ3v) is 11.2. The third-order valence-electron chi connectivity index (χ3n) is 6.02. The zero-order chi connectivity index (χ0) is 23.4. The molecule has 172 valence electrons. The minimum Gasteiger partial charge on any atom is -0.467 e. The summed E-state index contributed by atoms with van der Waals surface area (Å²) in [5.41, 5.74) is 4.22. The molecule has 2 aromatic carbocycles. The molecular formula is C25H36Cl2O3Si. The van der Waals surface area contributed by atoms with Gasteiger partial charge in [-0.15, -0.1) is 0 Å². The average Bonchev–Trinajstić information content (AvgIpc) is 2.67. The Morgan fingerprint density at radius 2 is 1.58 bits per heavy atom.